The molecule has 0 aromatic rings. The molecule has 0 amide bonds. The van der Waals surface area contributed by atoms with Crippen LogP contribution in [0.4, 0.5) is 74.6 Å². The van der Waals surface area contributed by atoms with Crippen molar-refractivity contribution in [2.75, 3.05) is 20.6 Å². The van der Waals surface area contributed by atoms with Crippen LogP contribution in [-0.4, -0.2) is 97.5 Å². The fourth-order valence-electron chi connectivity index (χ4n) is 2.34. The van der Waals surface area contributed by atoms with E-state index in [1.165, 1.54) is 0 Å². The summed E-state index contributed by atoms with van der Waals surface area (Å²) < 4.78 is 247. The minimum absolute atomic E-state index is 0.0399. The van der Waals surface area contributed by atoms with E-state index in [4.69, 9.17) is 5.21 Å². The standard InChI is InChI=1S/C13H13F17N3O4S/c1-32(34)5(33(2)35)3-4-31-38(36,37)13(29,30)11(24,25)9(20,21)7(16,17)6(14,15)8(18,19)10(22,23)12(26,27)28/h5,31,34H,3-4H2,1-2H3/q-1. The minimum Gasteiger partial charge on any atom is -0.784 e. The van der Waals surface area contributed by atoms with E-state index in [-0.39, 0.29) is 10.1 Å². The first-order valence-electron chi connectivity index (χ1n) is 8.76. The predicted octanol–water partition coefficient (Wildman–Crippen LogP) is 4.34. The Morgan fingerprint density at radius 3 is 1.29 bits per heavy atom. The van der Waals surface area contributed by atoms with Crippen molar-refractivity contribution < 1.29 is 88.3 Å². The molecule has 0 spiro atoms. The van der Waals surface area contributed by atoms with Crippen molar-refractivity contribution in [3.63, 3.8) is 0 Å². The molecule has 230 valence electrons. The van der Waals surface area contributed by atoms with Gasteiger partial charge < -0.3 is 15.5 Å². The highest BCUT2D eigenvalue weighted by Crippen LogP contribution is 2.64. The molecule has 0 aliphatic heterocycles. The van der Waals surface area contributed by atoms with Gasteiger partial charge in [0.25, 0.3) is 10.0 Å². The molecule has 25 heteroatoms. The van der Waals surface area contributed by atoms with Crippen LogP contribution in [0.25, 0.3) is 0 Å². The maximum atomic E-state index is 13.8. The van der Waals surface area contributed by atoms with Gasteiger partial charge in [0, 0.05) is 13.6 Å². The quantitative estimate of drug-likeness (QED) is 0.179. The molecule has 0 rings (SSSR count). The van der Waals surface area contributed by atoms with E-state index >= 15 is 0 Å². The number of halogens is 17. The SMILES string of the molecule is CN([O-])C(CCNS(=O)(=O)C(F)(F)C(F)(F)C(F)(F)C(F)(F)C(F)(F)C(F)(F)C(F)(F)C(F)(F)F)N(C)O. The highest BCUT2D eigenvalue weighted by Gasteiger charge is 2.96. The molecule has 0 saturated heterocycles. The van der Waals surface area contributed by atoms with Crippen LogP contribution in [0.1, 0.15) is 6.42 Å². The van der Waals surface area contributed by atoms with Crippen LogP contribution >= 0.6 is 0 Å². The van der Waals surface area contributed by atoms with Crippen molar-refractivity contribution >= 4 is 10.0 Å². The van der Waals surface area contributed by atoms with E-state index < -0.39 is 76.1 Å². The number of hydrogen-bond donors (Lipinski definition) is 2. The monoisotopic (exact) mass is 630 g/mol. The summed E-state index contributed by atoms with van der Waals surface area (Å²) in [6.07, 6.45) is -11.0. The van der Waals surface area contributed by atoms with Crippen molar-refractivity contribution in [3.05, 3.63) is 5.21 Å². The molecule has 0 bridgehead atoms. The third kappa shape index (κ3) is 5.32. The van der Waals surface area contributed by atoms with Gasteiger partial charge in [-0.2, -0.15) is 79.7 Å². The van der Waals surface area contributed by atoms with E-state index in [9.17, 15) is 88.3 Å². The molecule has 0 aliphatic carbocycles. The van der Waals surface area contributed by atoms with Crippen LogP contribution in [0.3, 0.4) is 0 Å². The maximum Gasteiger partial charge on any atom is 0.460 e. The largest absolute Gasteiger partial charge is 0.784 e. The van der Waals surface area contributed by atoms with Gasteiger partial charge >= 0.3 is 47.0 Å². The van der Waals surface area contributed by atoms with Crippen molar-refractivity contribution in [3.8, 4) is 0 Å². The van der Waals surface area contributed by atoms with Gasteiger partial charge in [0.15, 0.2) is 0 Å². The Kier molecular flexibility index (Phi) is 9.80. The van der Waals surface area contributed by atoms with Crippen LogP contribution in [0.15, 0.2) is 0 Å². The summed E-state index contributed by atoms with van der Waals surface area (Å²) in [7, 11) is -6.18. The van der Waals surface area contributed by atoms with Crippen molar-refractivity contribution in [1.29, 1.82) is 0 Å². The van der Waals surface area contributed by atoms with Gasteiger partial charge in [0.2, 0.25) is 0 Å². The van der Waals surface area contributed by atoms with Crippen LogP contribution in [0, 0.1) is 5.21 Å². The van der Waals surface area contributed by atoms with E-state index in [2.05, 4.69) is 0 Å². The van der Waals surface area contributed by atoms with E-state index in [0.29, 0.717) is 18.8 Å². The summed E-state index contributed by atoms with van der Waals surface area (Å²) >= 11 is 0. The Morgan fingerprint density at radius 2 is 1.00 bits per heavy atom. The van der Waals surface area contributed by atoms with E-state index in [0.717, 1.165) is 0 Å². The number of nitrogens with zero attached hydrogens (tertiary/aromatic N) is 2. The summed E-state index contributed by atoms with van der Waals surface area (Å²) in [5.41, 5.74) is 0. The Morgan fingerprint density at radius 1 is 0.684 bits per heavy atom. The summed E-state index contributed by atoms with van der Waals surface area (Å²) in [6, 6.07) is 0. The van der Waals surface area contributed by atoms with Gasteiger partial charge in [0.05, 0.1) is 6.17 Å². The van der Waals surface area contributed by atoms with Crippen molar-refractivity contribution in [1.82, 2.24) is 14.8 Å². The van der Waals surface area contributed by atoms with Crippen LogP contribution in [-0.2, 0) is 10.0 Å². The zero-order chi connectivity index (χ0) is 31.4. The maximum absolute atomic E-state index is 13.8. The fourth-order valence-corrected chi connectivity index (χ4v) is 3.37. The molecule has 1 unspecified atom stereocenters. The van der Waals surface area contributed by atoms with E-state index in [1.807, 2.05) is 0 Å². The highest BCUT2D eigenvalue weighted by atomic mass is 32.2. The van der Waals surface area contributed by atoms with Crippen molar-refractivity contribution in [2.24, 2.45) is 0 Å². The predicted molar refractivity (Wildman–Crippen MR) is 86.7 cm³/mol. The third-order valence-electron chi connectivity index (χ3n) is 4.58. The lowest BCUT2D eigenvalue weighted by molar-refractivity contribution is -0.458. The second-order valence-electron chi connectivity index (χ2n) is 7.25. The normalized spacial score (nSPS) is 16.9. The van der Waals surface area contributed by atoms with Crippen LogP contribution < -0.4 is 4.72 Å². The molecular weight excluding hydrogens is 617 g/mol. The number of hydroxylamine groups is 4. The first-order chi connectivity index (χ1) is 16.2. The van der Waals surface area contributed by atoms with Crippen LogP contribution in [0.2, 0.25) is 0 Å². The smallest absolute Gasteiger partial charge is 0.460 e. The van der Waals surface area contributed by atoms with Gasteiger partial charge in [-0.1, -0.05) is 0 Å². The Hall–Kier alpha value is -1.44. The second kappa shape index (κ2) is 10.2. The zero-order valence-corrected chi connectivity index (χ0v) is 18.7. The molecular formula is C13H13F17N3O4S-. The molecule has 0 aliphatic rings. The number of nitrogens with one attached hydrogen (secondary N) is 1. The average molecular weight is 630 g/mol. The Balaban J connectivity index is 6.57. The first kappa shape index (κ1) is 36.6. The lowest BCUT2D eigenvalue weighted by Gasteiger charge is -2.42. The number of rotatable bonds is 13. The molecule has 0 fully saturated rings. The van der Waals surface area contributed by atoms with Gasteiger partial charge in [-0.05, 0) is 13.5 Å². The minimum atomic E-state index is -8.92. The summed E-state index contributed by atoms with van der Waals surface area (Å²) in [5, 5.41) is 12.2. The van der Waals surface area contributed by atoms with Gasteiger partial charge in [-0.25, -0.2) is 13.1 Å². The molecule has 2 N–H and O–H groups in total. The number of sulfonamides is 1. The zero-order valence-electron chi connectivity index (χ0n) is 17.9. The molecule has 0 aromatic heterocycles. The lowest BCUT2D eigenvalue weighted by atomic mass is 9.91. The third-order valence-corrected chi connectivity index (χ3v) is 6.09. The molecule has 38 heavy (non-hydrogen) atoms. The molecule has 0 heterocycles. The fraction of sp³-hybridized carbons (Fsp3) is 1.00. The van der Waals surface area contributed by atoms with Crippen LogP contribution in [0.5, 0.6) is 0 Å². The molecule has 1 atom stereocenters. The van der Waals surface area contributed by atoms with Crippen molar-refractivity contribution in [2.45, 2.75) is 59.6 Å². The van der Waals surface area contributed by atoms with E-state index in [1.54, 1.807) is 0 Å². The average Bonchev–Trinajstić information content (AvgIpc) is 2.68. The summed E-state index contributed by atoms with van der Waals surface area (Å²) in [4.78, 5) is 0. The Bertz CT molecular complexity index is 928. The van der Waals surface area contributed by atoms with Gasteiger partial charge in [0.1, 0.15) is 0 Å². The molecule has 0 saturated carbocycles. The van der Waals surface area contributed by atoms with Gasteiger partial charge in [-0.3, -0.25) is 0 Å². The number of alkyl halides is 17. The topological polar surface area (TPSA) is 95.9 Å². The second-order valence-corrected chi connectivity index (χ2v) is 9.06. The first-order valence-corrected chi connectivity index (χ1v) is 10.2. The molecule has 0 aromatic carbocycles. The molecule has 0 radical (unpaired) electrons. The molecule has 7 nitrogen and oxygen atoms in total. The summed E-state index contributed by atoms with van der Waals surface area (Å²) in [5.74, 6) is -52.1. The lowest BCUT2D eigenvalue weighted by Crippen LogP contribution is -2.75. The van der Waals surface area contributed by atoms with Gasteiger partial charge in [-0.15, -0.1) is 0 Å². The highest BCUT2D eigenvalue weighted by molar-refractivity contribution is 7.90. The number of hydrogen-bond acceptors (Lipinski definition) is 6. The summed E-state index contributed by atoms with van der Waals surface area (Å²) in [6.45, 7) is -1.69. The Labute approximate surface area is 199 Å².